The second-order valence-corrected chi connectivity index (χ2v) is 6.18. The normalized spacial score (nSPS) is 11.4. The van der Waals surface area contributed by atoms with Gasteiger partial charge in [-0.3, -0.25) is 14.4 Å². The van der Waals surface area contributed by atoms with Crippen molar-refractivity contribution in [3.63, 3.8) is 0 Å². The van der Waals surface area contributed by atoms with E-state index < -0.39 is 16.0 Å². The van der Waals surface area contributed by atoms with Crippen molar-refractivity contribution in [3.05, 3.63) is 12.4 Å². The largest absolute Gasteiger partial charge is 0.480 e. The Bertz CT molecular complexity index is 546. The molecule has 0 unspecified atom stereocenters. The van der Waals surface area contributed by atoms with Gasteiger partial charge in [-0.25, -0.2) is 13.1 Å². The minimum absolute atomic E-state index is 0. The molecule has 10 heteroatoms. The number of hydrogen-bond donors (Lipinski definition) is 2. The number of aryl methyl sites for hydroxylation is 1. The van der Waals surface area contributed by atoms with Crippen molar-refractivity contribution in [2.45, 2.75) is 18.2 Å². The summed E-state index contributed by atoms with van der Waals surface area (Å²) in [5, 5.41) is 12.6. The summed E-state index contributed by atoms with van der Waals surface area (Å²) in [5.74, 6) is -0.923. The topological polar surface area (TPSA) is 105 Å². The highest BCUT2D eigenvalue weighted by Gasteiger charge is 2.16. The van der Waals surface area contributed by atoms with Crippen LogP contribution < -0.4 is 4.72 Å². The van der Waals surface area contributed by atoms with Gasteiger partial charge in [0.1, 0.15) is 4.90 Å². The van der Waals surface area contributed by atoms with Crippen molar-refractivity contribution in [2.75, 3.05) is 26.2 Å². The molecule has 0 radical (unpaired) electrons. The van der Waals surface area contributed by atoms with Crippen LogP contribution in [0.4, 0.5) is 0 Å². The average molecular weight is 341 g/mol. The number of sulfonamides is 1. The maximum absolute atomic E-state index is 11.9. The monoisotopic (exact) mass is 340 g/mol. The summed E-state index contributed by atoms with van der Waals surface area (Å²) < 4.78 is 27.7. The third-order valence-electron chi connectivity index (χ3n) is 2.61. The van der Waals surface area contributed by atoms with E-state index in [0.29, 0.717) is 13.1 Å². The van der Waals surface area contributed by atoms with E-state index in [4.69, 9.17) is 5.11 Å². The van der Waals surface area contributed by atoms with E-state index in [1.165, 1.54) is 17.1 Å². The van der Waals surface area contributed by atoms with E-state index in [0.717, 1.165) is 6.42 Å². The van der Waals surface area contributed by atoms with Crippen LogP contribution in [-0.2, 0) is 21.9 Å². The number of carboxylic acids is 1. The van der Waals surface area contributed by atoms with Gasteiger partial charge in [-0.1, -0.05) is 6.92 Å². The van der Waals surface area contributed by atoms with Crippen LogP contribution in [0.3, 0.4) is 0 Å². The van der Waals surface area contributed by atoms with Crippen molar-refractivity contribution in [3.8, 4) is 0 Å². The first-order chi connectivity index (χ1) is 9.35. The van der Waals surface area contributed by atoms with Crippen LogP contribution in [0.15, 0.2) is 17.3 Å². The molecule has 0 bridgehead atoms. The Morgan fingerprint density at radius 2 is 2.14 bits per heavy atom. The molecule has 122 valence electrons. The number of hydrogen-bond acceptors (Lipinski definition) is 5. The minimum Gasteiger partial charge on any atom is -0.480 e. The van der Waals surface area contributed by atoms with E-state index in [1.54, 1.807) is 11.9 Å². The second-order valence-electron chi connectivity index (χ2n) is 4.42. The molecule has 2 N–H and O–H groups in total. The maximum Gasteiger partial charge on any atom is 0.317 e. The predicted octanol–water partition coefficient (Wildman–Crippen LogP) is -0.0832. The highest BCUT2D eigenvalue weighted by Crippen LogP contribution is 2.05. The molecule has 0 amide bonds. The Kier molecular flexibility index (Phi) is 8.48. The predicted molar refractivity (Wildman–Crippen MR) is 80.0 cm³/mol. The first kappa shape index (κ1) is 19.8. The summed E-state index contributed by atoms with van der Waals surface area (Å²) in [6, 6.07) is 0. The molecule has 0 aliphatic heterocycles. The van der Waals surface area contributed by atoms with Crippen LogP contribution in [0.5, 0.6) is 0 Å². The van der Waals surface area contributed by atoms with Gasteiger partial charge in [-0.15, -0.1) is 12.4 Å². The molecule has 1 rings (SSSR count). The molecule has 0 fully saturated rings. The molecule has 0 saturated carbocycles. The lowest BCUT2D eigenvalue weighted by Crippen LogP contribution is -2.38. The van der Waals surface area contributed by atoms with Gasteiger partial charge in [0, 0.05) is 26.3 Å². The molecule has 0 saturated heterocycles. The Hall–Kier alpha value is -1.16. The van der Waals surface area contributed by atoms with Gasteiger partial charge in [-0.2, -0.15) is 5.10 Å². The molecule has 0 atom stereocenters. The number of halogens is 1. The van der Waals surface area contributed by atoms with Crippen molar-refractivity contribution < 1.29 is 18.3 Å². The third-order valence-corrected chi connectivity index (χ3v) is 4.03. The molecule has 1 aromatic rings. The quantitative estimate of drug-likeness (QED) is 0.651. The van der Waals surface area contributed by atoms with Gasteiger partial charge in [0.25, 0.3) is 0 Å². The van der Waals surface area contributed by atoms with Gasteiger partial charge in [0.15, 0.2) is 0 Å². The van der Waals surface area contributed by atoms with Crippen LogP contribution in [0.2, 0.25) is 0 Å². The molecule has 21 heavy (non-hydrogen) atoms. The number of nitrogens with one attached hydrogen (secondary N) is 1. The first-order valence-corrected chi connectivity index (χ1v) is 7.76. The second kappa shape index (κ2) is 8.98. The standard InChI is InChI=1S/C11H20N4O4S.ClH/c1-3-5-15(9-11(16)17)6-4-13-20(18,19)10-7-12-14(2)8-10;/h7-8,13H,3-6,9H2,1-2H3,(H,16,17);1H. The van der Waals surface area contributed by atoms with Gasteiger partial charge in [0.2, 0.25) is 10.0 Å². The summed E-state index contributed by atoms with van der Waals surface area (Å²) in [4.78, 5) is 12.5. The lowest BCUT2D eigenvalue weighted by molar-refractivity contribution is -0.138. The summed E-state index contributed by atoms with van der Waals surface area (Å²) in [5.41, 5.74) is 0. The van der Waals surface area contributed by atoms with Crippen molar-refractivity contribution >= 4 is 28.4 Å². The Labute approximate surface area is 130 Å². The minimum atomic E-state index is -3.59. The zero-order valence-corrected chi connectivity index (χ0v) is 13.7. The van der Waals surface area contributed by atoms with E-state index in [9.17, 15) is 13.2 Å². The fourth-order valence-corrected chi connectivity index (χ4v) is 2.74. The summed E-state index contributed by atoms with van der Waals surface area (Å²) >= 11 is 0. The van der Waals surface area contributed by atoms with Crippen molar-refractivity contribution in [1.82, 2.24) is 19.4 Å². The van der Waals surface area contributed by atoms with Gasteiger partial charge in [-0.05, 0) is 13.0 Å². The molecule has 8 nitrogen and oxygen atoms in total. The smallest absolute Gasteiger partial charge is 0.317 e. The highest BCUT2D eigenvalue weighted by molar-refractivity contribution is 7.89. The summed E-state index contributed by atoms with van der Waals surface area (Å²) in [6.07, 6.45) is 3.48. The lowest BCUT2D eigenvalue weighted by atomic mass is 10.4. The zero-order chi connectivity index (χ0) is 15.2. The molecule has 0 aromatic carbocycles. The molecule has 0 spiro atoms. The number of carboxylic acid groups (broad SMARTS) is 1. The van der Waals surface area contributed by atoms with Crippen LogP contribution >= 0.6 is 12.4 Å². The molecular weight excluding hydrogens is 320 g/mol. The number of rotatable bonds is 9. The molecular formula is C11H21ClN4O4S. The highest BCUT2D eigenvalue weighted by atomic mass is 35.5. The van der Waals surface area contributed by atoms with Crippen LogP contribution in [0, 0.1) is 0 Å². The maximum atomic E-state index is 11.9. The molecule has 0 aliphatic carbocycles. The van der Waals surface area contributed by atoms with Crippen molar-refractivity contribution in [1.29, 1.82) is 0 Å². The SMILES string of the molecule is CCCN(CCNS(=O)(=O)c1cnn(C)c1)CC(=O)O.Cl. The third kappa shape index (κ3) is 6.89. The van der Waals surface area contributed by atoms with Gasteiger partial charge in [0.05, 0.1) is 12.7 Å². The average Bonchev–Trinajstić information content (AvgIpc) is 2.76. The van der Waals surface area contributed by atoms with E-state index in [-0.39, 0.29) is 30.4 Å². The van der Waals surface area contributed by atoms with Crippen LogP contribution in [-0.4, -0.2) is 60.4 Å². The van der Waals surface area contributed by atoms with Crippen LogP contribution in [0.25, 0.3) is 0 Å². The Morgan fingerprint density at radius 3 is 2.62 bits per heavy atom. The van der Waals surface area contributed by atoms with E-state index >= 15 is 0 Å². The summed E-state index contributed by atoms with van der Waals surface area (Å²) in [6.45, 7) is 2.96. The summed E-state index contributed by atoms with van der Waals surface area (Å²) in [7, 11) is -1.95. The molecule has 1 aromatic heterocycles. The van der Waals surface area contributed by atoms with Gasteiger partial charge < -0.3 is 5.11 Å². The molecule has 1 heterocycles. The lowest BCUT2D eigenvalue weighted by Gasteiger charge is -2.19. The van der Waals surface area contributed by atoms with E-state index in [2.05, 4.69) is 9.82 Å². The number of nitrogens with zero attached hydrogens (tertiary/aromatic N) is 3. The number of aromatic nitrogens is 2. The Morgan fingerprint density at radius 1 is 1.48 bits per heavy atom. The first-order valence-electron chi connectivity index (χ1n) is 6.27. The fourth-order valence-electron chi connectivity index (χ4n) is 1.74. The van der Waals surface area contributed by atoms with Crippen molar-refractivity contribution in [2.24, 2.45) is 7.05 Å². The fraction of sp³-hybridized carbons (Fsp3) is 0.636. The van der Waals surface area contributed by atoms with Gasteiger partial charge >= 0.3 is 5.97 Å². The Balaban J connectivity index is 0.00000400. The van der Waals surface area contributed by atoms with Crippen LogP contribution in [0.1, 0.15) is 13.3 Å². The number of carbonyl (C=O) groups is 1. The number of aliphatic carboxylic acids is 1. The molecule has 0 aliphatic rings. The van der Waals surface area contributed by atoms with E-state index in [1.807, 2.05) is 6.92 Å². The zero-order valence-electron chi connectivity index (χ0n) is 12.0.